The van der Waals surface area contributed by atoms with Gasteiger partial charge in [-0.15, -0.1) is 0 Å². The molecule has 0 fully saturated rings. The average Bonchev–Trinajstić information content (AvgIpc) is 2.39. The zero-order valence-electron chi connectivity index (χ0n) is 11.4. The van der Waals surface area contributed by atoms with Crippen molar-refractivity contribution in [1.29, 1.82) is 5.26 Å². The van der Waals surface area contributed by atoms with E-state index in [1.165, 1.54) is 6.07 Å². The van der Waals surface area contributed by atoms with Crippen molar-refractivity contribution in [3.05, 3.63) is 35.1 Å². The molecule has 0 bridgehead atoms. The number of halogens is 1. The van der Waals surface area contributed by atoms with Crippen LogP contribution in [0.2, 0.25) is 0 Å². The van der Waals surface area contributed by atoms with Crippen LogP contribution in [0.25, 0.3) is 0 Å². The Labute approximate surface area is 113 Å². The van der Waals surface area contributed by atoms with E-state index < -0.39 is 5.82 Å². The Bertz CT molecular complexity index is 429. The van der Waals surface area contributed by atoms with Gasteiger partial charge in [-0.2, -0.15) is 5.26 Å². The molecule has 1 aromatic rings. The number of nitrogens with zero attached hydrogens (tertiary/aromatic N) is 2. The van der Waals surface area contributed by atoms with Crippen molar-refractivity contribution in [2.75, 3.05) is 40.4 Å². The van der Waals surface area contributed by atoms with Crippen LogP contribution in [-0.2, 0) is 11.3 Å². The normalized spacial score (nSPS) is 10.7. The quantitative estimate of drug-likeness (QED) is 0.721. The SMILES string of the molecule is CN(C)CCOCCNCc1ccc(F)c(C#N)c1. The number of ether oxygens (including phenoxy) is 1. The third-order valence-corrected chi connectivity index (χ3v) is 2.59. The Kier molecular flexibility index (Phi) is 7.04. The van der Waals surface area contributed by atoms with E-state index in [2.05, 4.69) is 10.2 Å². The van der Waals surface area contributed by atoms with E-state index in [1.54, 1.807) is 12.1 Å². The molecule has 1 aromatic carbocycles. The van der Waals surface area contributed by atoms with E-state index in [4.69, 9.17) is 10.00 Å². The van der Waals surface area contributed by atoms with E-state index >= 15 is 0 Å². The first-order valence-corrected chi connectivity index (χ1v) is 6.25. The number of nitrogens with one attached hydrogen (secondary N) is 1. The third kappa shape index (κ3) is 6.30. The minimum Gasteiger partial charge on any atom is -0.379 e. The Morgan fingerprint density at radius 1 is 1.37 bits per heavy atom. The summed E-state index contributed by atoms with van der Waals surface area (Å²) in [5.74, 6) is -0.474. The lowest BCUT2D eigenvalue weighted by Crippen LogP contribution is -2.23. The number of likely N-dealkylation sites (N-methyl/N-ethyl adjacent to an activating group) is 1. The lowest BCUT2D eigenvalue weighted by atomic mass is 10.1. The third-order valence-electron chi connectivity index (χ3n) is 2.59. The van der Waals surface area contributed by atoms with Crippen LogP contribution in [0.3, 0.4) is 0 Å². The minimum absolute atomic E-state index is 0.0848. The second kappa shape index (κ2) is 8.59. The van der Waals surface area contributed by atoms with Crippen LogP contribution in [0.4, 0.5) is 4.39 Å². The van der Waals surface area contributed by atoms with Gasteiger partial charge in [0.15, 0.2) is 0 Å². The first-order valence-electron chi connectivity index (χ1n) is 6.25. The van der Waals surface area contributed by atoms with E-state index in [0.717, 1.165) is 18.7 Å². The van der Waals surface area contributed by atoms with Crippen molar-refractivity contribution in [2.24, 2.45) is 0 Å². The summed E-state index contributed by atoms with van der Waals surface area (Å²) in [4.78, 5) is 2.06. The number of hydrogen-bond donors (Lipinski definition) is 1. The molecular formula is C14H20FN3O. The fraction of sp³-hybridized carbons (Fsp3) is 0.500. The lowest BCUT2D eigenvalue weighted by Gasteiger charge is -2.10. The summed E-state index contributed by atoms with van der Waals surface area (Å²) < 4.78 is 18.5. The molecule has 19 heavy (non-hydrogen) atoms. The van der Waals surface area contributed by atoms with E-state index in [0.29, 0.717) is 19.8 Å². The molecule has 0 amide bonds. The van der Waals surface area contributed by atoms with Gasteiger partial charge in [0.1, 0.15) is 11.9 Å². The Morgan fingerprint density at radius 3 is 2.84 bits per heavy atom. The average molecular weight is 265 g/mol. The lowest BCUT2D eigenvalue weighted by molar-refractivity contribution is 0.119. The molecule has 0 unspecified atom stereocenters. The summed E-state index contributed by atoms with van der Waals surface area (Å²) in [5.41, 5.74) is 0.979. The van der Waals surface area contributed by atoms with Gasteiger partial charge in [0.25, 0.3) is 0 Å². The molecule has 1 rings (SSSR count). The van der Waals surface area contributed by atoms with E-state index in [1.807, 2.05) is 20.2 Å². The highest BCUT2D eigenvalue weighted by molar-refractivity contribution is 5.34. The van der Waals surface area contributed by atoms with Crippen molar-refractivity contribution in [3.63, 3.8) is 0 Å². The summed E-state index contributed by atoms with van der Waals surface area (Å²) in [6.45, 7) is 3.59. The molecule has 0 aliphatic rings. The van der Waals surface area contributed by atoms with Crippen LogP contribution in [0.15, 0.2) is 18.2 Å². The predicted octanol–water partition coefficient (Wildman–Crippen LogP) is 1.37. The Morgan fingerprint density at radius 2 is 2.16 bits per heavy atom. The van der Waals surface area contributed by atoms with E-state index in [-0.39, 0.29) is 5.56 Å². The molecule has 0 atom stereocenters. The van der Waals surface area contributed by atoms with Gasteiger partial charge in [-0.05, 0) is 31.8 Å². The van der Waals surface area contributed by atoms with Crippen molar-refractivity contribution < 1.29 is 9.13 Å². The zero-order valence-corrected chi connectivity index (χ0v) is 11.4. The monoisotopic (exact) mass is 265 g/mol. The maximum atomic E-state index is 13.1. The fourth-order valence-corrected chi connectivity index (χ4v) is 1.49. The standard InChI is InChI=1S/C14H20FN3O/c1-18(2)6-8-19-7-5-17-11-12-3-4-14(15)13(9-12)10-16/h3-4,9,17H,5-8,11H2,1-2H3. The van der Waals surface area contributed by atoms with Gasteiger partial charge in [0, 0.05) is 19.6 Å². The van der Waals surface area contributed by atoms with Gasteiger partial charge in [0.05, 0.1) is 18.8 Å². The molecule has 0 heterocycles. The van der Waals surface area contributed by atoms with Crippen molar-refractivity contribution in [3.8, 4) is 6.07 Å². The molecule has 0 radical (unpaired) electrons. The maximum Gasteiger partial charge on any atom is 0.140 e. The van der Waals surface area contributed by atoms with Crippen LogP contribution in [0.1, 0.15) is 11.1 Å². The van der Waals surface area contributed by atoms with Crippen LogP contribution in [0, 0.1) is 17.1 Å². The Hall–Kier alpha value is -1.48. The summed E-state index contributed by atoms with van der Waals surface area (Å²) >= 11 is 0. The highest BCUT2D eigenvalue weighted by Gasteiger charge is 2.02. The molecule has 0 saturated heterocycles. The summed E-state index contributed by atoms with van der Waals surface area (Å²) in [6, 6.07) is 6.40. The largest absolute Gasteiger partial charge is 0.379 e. The second-order valence-electron chi connectivity index (χ2n) is 4.52. The number of rotatable bonds is 8. The maximum absolute atomic E-state index is 13.1. The number of nitriles is 1. The van der Waals surface area contributed by atoms with Crippen LogP contribution in [0.5, 0.6) is 0 Å². The first kappa shape index (κ1) is 15.6. The molecule has 0 aliphatic carbocycles. The van der Waals surface area contributed by atoms with Gasteiger partial charge in [0.2, 0.25) is 0 Å². The van der Waals surface area contributed by atoms with Crippen LogP contribution in [-0.4, -0.2) is 45.3 Å². The van der Waals surface area contributed by atoms with Gasteiger partial charge < -0.3 is 15.0 Å². The zero-order chi connectivity index (χ0) is 14.1. The van der Waals surface area contributed by atoms with Crippen molar-refractivity contribution in [2.45, 2.75) is 6.54 Å². The van der Waals surface area contributed by atoms with Gasteiger partial charge in [-0.25, -0.2) is 4.39 Å². The van der Waals surface area contributed by atoms with Crippen molar-refractivity contribution >= 4 is 0 Å². The first-order chi connectivity index (χ1) is 9.13. The molecular weight excluding hydrogens is 245 g/mol. The topological polar surface area (TPSA) is 48.3 Å². The number of hydrogen-bond acceptors (Lipinski definition) is 4. The number of benzene rings is 1. The van der Waals surface area contributed by atoms with E-state index in [9.17, 15) is 4.39 Å². The molecule has 0 saturated carbocycles. The molecule has 0 spiro atoms. The van der Waals surface area contributed by atoms with Crippen molar-refractivity contribution in [1.82, 2.24) is 10.2 Å². The highest BCUT2D eigenvalue weighted by Crippen LogP contribution is 2.09. The van der Waals surface area contributed by atoms with Gasteiger partial charge >= 0.3 is 0 Å². The summed E-state index contributed by atoms with van der Waals surface area (Å²) in [7, 11) is 4.01. The fourth-order valence-electron chi connectivity index (χ4n) is 1.49. The second-order valence-corrected chi connectivity index (χ2v) is 4.52. The predicted molar refractivity (Wildman–Crippen MR) is 72.2 cm³/mol. The van der Waals surface area contributed by atoms with Crippen LogP contribution < -0.4 is 5.32 Å². The minimum atomic E-state index is -0.474. The molecule has 1 N–H and O–H groups in total. The Balaban J connectivity index is 2.18. The van der Waals surface area contributed by atoms with Gasteiger partial charge in [-0.1, -0.05) is 6.07 Å². The summed E-state index contributed by atoms with van der Waals surface area (Å²) in [5, 5.41) is 11.9. The smallest absolute Gasteiger partial charge is 0.140 e. The van der Waals surface area contributed by atoms with Gasteiger partial charge in [-0.3, -0.25) is 0 Å². The molecule has 5 heteroatoms. The summed E-state index contributed by atoms with van der Waals surface area (Å²) in [6.07, 6.45) is 0. The molecule has 4 nitrogen and oxygen atoms in total. The molecule has 104 valence electrons. The highest BCUT2D eigenvalue weighted by atomic mass is 19.1. The van der Waals surface area contributed by atoms with Crippen LogP contribution >= 0.6 is 0 Å². The molecule has 0 aromatic heterocycles. The molecule has 0 aliphatic heterocycles.